The minimum absolute atomic E-state index is 0. The zero-order valence-electron chi connectivity index (χ0n) is 26.6. The van der Waals surface area contributed by atoms with E-state index in [-0.39, 0.29) is 34.8 Å². The molecule has 2 aromatic rings. The van der Waals surface area contributed by atoms with Gasteiger partial charge in [-0.3, -0.25) is 0 Å². The number of halogens is 2. The predicted molar refractivity (Wildman–Crippen MR) is 184 cm³/mol. The second kappa shape index (κ2) is 14.4. The average molecular weight is 715 g/mol. The number of hydrogen-bond donors (Lipinski definition) is 0. The fourth-order valence-corrected chi connectivity index (χ4v) is 7.32. The molecule has 2 aromatic carbocycles. The molecular formula is C40H44ClIN2. The number of unbranched alkanes of at least 4 members (excludes halogenated alkanes) is 2. The molecule has 2 heterocycles. The van der Waals surface area contributed by atoms with E-state index in [0.717, 1.165) is 63.1 Å². The first-order valence-electron chi connectivity index (χ1n) is 15.7. The fraction of sp³-hybridized carbons (Fsp3) is 0.375. The van der Waals surface area contributed by atoms with Gasteiger partial charge in [0.15, 0.2) is 5.71 Å². The summed E-state index contributed by atoms with van der Waals surface area (Å²) in [6.07, 6.45) is 26.8. The third-order valence-corrected chi connectivity index (χ3v) is 9.83. The summed E-state index contributed by atoms with van der Waals surface area (Å²) in [5.41, 5.74) is 10.1. The summed E-state index contributed by atoms with van der Waals surface area (Å²) in [6.45, 7) is 11.1. The molecule has 0 atom stereocenters. The van der Waals surface area contributed by atoms with Crippen molar-refractivity contribution in [3.05, 3.63) is 106 Å². The van der Waals surface area contributed by atoms with Crippen LogP contribution >= 0.6 is 11.6 Å². The molecular weight excluding hydrogens is 671 g/mol. The van der Waals surface area contributed by atoms with Crippen LogP contribution in [-0.4, -0.2) is 23.4 Å². The largest absolute Gasteiger partial charge is 1.00 e. The summed E-state index contributed by atoms with van der Waals surface area (Å²) in [7, 11) is 0. The van der Waals surface area contributed by atoms with Crippen LogP contribution in [0.2, 0.25) is 0 Å². The molecule has 0 amide bonds. The third kappa shape index (κ3) is 6.51. The Morgan fingerprint density at radius 2 is 1.55 bits per heavy atom. The summed E-state index contributed by atoms with van der Waals surface area (Å²) in [6, 6.07) is 17.5. The van der Waals surface area contributed by atoms with Gasteiger partial charge in [0, 0.05) is 65.3 Å². The van der Waals surface area contributed by atoms with Gasteiger partial charge in [-0.05, 0) is 68.4 Å². The van der Waals surface area contributed by atoms with Crippen LogP contribution in [-0.2, 0) is 10.8 Å². The van der Waals surface area contributed by atoms with Crippen molar-refractivity contribution in [3.63, 3.8) is 0 Å². The Hall–Kier alpha value is -2.99. The smallest absolute Gasteiger partial charge is 0.209 e. The normalized spacial score (nSPS) is 20.1. The molecule has 5 rings (SSSR count). The van der Waals surface area contributed by atoms with E-state index in [1.165, 1.54) is 45.1 Å². The highest BCUT2D eigenvalue weighted by molar-refractivity contribution is 6.32. The van der Waals surface area contributed by atoms with Crippen LogP contribution in [0.5, 0.6) is 0 Å². The molecule has 0 saturated heterocycles. The highest BCUT2D eigenvalue weighted by atomic mass is 127. The Morgan fingerprint density at radius 3 is 2.30 bits per heavy atom. The van der Waals surface area contributed by atoms with Crippen LogP contribution in [0.15, 0.2) is 94.7 Å². The molecule has 0 spiro atoms. The van der Waals surface area contributed by atoms with Gasteiger partial charge in [0.05, 0.1) is 5.41 Å². The van der Waals surface area contributed by atoms with Crippen LogP contribution in [0.3, 0.4) is 0 Å². The average Bonchev–Trinajstić information content (AvgIpc) is 3.35. The molecule has 1 aliphatic carbocycles. The summed E-state index contributed by atoms with van der Waals surface area (Å²) in [4.78, 5) is 2.45. The minimum Gasteiger partial charge on any atom is -1.00 e. The van der Waals surface area contributed by atoms with Gasteiger partial charge in [-0.1, -0.05) is 74.0 Å². The lowest BCUT2D eigenvalue weighted by molar-refractivity contribution is -0.438. The quantitative estimate of drug-likeness (QED) is 0.121. The van der Waals surface area contributed by atoms with Gasteiger partial charge in [0.1, 0.15) is 6.54 Å². The zero-order valence-corrected chi connectivity index (χ0v) is 29.5. The summed E-state index contributed by atoms with van der Waals surface area (Å²) in [5, 5.41) is 0.888. The number of anilines is 1. The van der Waals surface area contributed by atoms with Gasteiger partial charge in [-0.25, -0.2) is 0 Å². The first-order valence-corrected chi connectivity index (χ1v) is 16.1. The fourth-order valence-electron chi connectivity index (χ4n) is 7.01. The Labute approximate surface area is 287 Å². The van der Waals surface area contributed by atoms with E-state index in [9.17, 15) is 0 Å². The Kier molecular flexibility index (Phi) is 11.1. The number of nitrogens with zero attached hydrogens (tertiary/aromatic N) is 2. The second-order valence-corrected chi connectivity index (χ2v) is 13.2. The number of para-hydroxylation sites is 2. The Balaban J connectivity index is 0.00000442. The first-order chi connectivity index (χ1) is 20.7. The molecule has 3 aliphatic rings. The third-order valence-electron chi connectivity index (χ3n) is 9.35. The standard InChI is InChI=1S/C40H44ClN2.HI/c1-7-9-15-28-42-34-22-13-11-20-32(34)39(3,4)36(42)26-24-30-18-17-19-31(38(30)41)25-27-37-40(5,6)33-21-12-14-23-35(33)43(37)29-16-10-8-2;/h1-2,11-14,20-27H,9-10,15-19,28-29H2,3-6H3;1H/q+1;/p-1. The van der Waals surface area contributed by atoms with Crippen molar-refractivity contribution in [2.45, 2.75) is 83.5 Å². The van der Waals surface area contributed by atoms with Crippen LogP contribution in [0.1, 0.15) is 83.8 Å². The summed E-state index contributed by atoms with van der Waals surface area (Å²) < 4.78 is 2.45. The van der Waals surface area contributed by atoms with Gasteiger partial charge < -0.3 is 28.9 Å². The lowest BCUT2D eigenvalue weighted by atomic mass is 9.81. The molecule has 2 aliphatic heterocycles. The van der Waals surface area contributed by atoms with Crippen molar-refractivity contribution >= 4 is 28.7 Å². The Morgan fingerprint density at radius 1 is 0.864 bits per heavy atom. The maximum Gasteiger partial charge on any atom is 0.209 e. The first kappa shape index (κ1) is 33.9. The molecule has 0 saturated carbocycles. The lowest BCUT2D eigenvalue weighted by Crippen LogP contribution is -3.00. The number of rotatable bonds is 9. The van der Waals surface area contributed by atoms with E-state index in [0.29, 0.717) is 0 Å². The second-order valence-electron chi connectivity index (χ2n) is 12.9. The minimum atomic E-state index is -0.0973. The highest BCUT2D eigenvalue weighted by Crippen LogP contribution is 2.48. The number of hydrogen-bond acceptors (Lipinski definition) is 1. The SMILES string of the molecule is C#CCCCN1/C(=C\C=C2/CCCC(/C=C/C3=[N+](CCCC#C)c4ccccc4C3(C)C)=C2Cl)C(C)(C)c2ccccc21.[I-]. The van der Waals surface area contributed by atoms with Crippen molar-refractivity contribution in [3.8, 4) is 24.7 Å². The summed E-state index contributed by atoms with van der Waals surface area (Å²) >= 11 is 7.17. The van der Waals surface area contributed by atoms with Crippen LogP contribution in [0.25, 0.3) is 0 Å². The molecule has 0 N–H and O–H groups in total. The van der Waals surface area contributed by atoms with Gasteiger partial charge in [0.2, 0.25) is 5.69 Å². The van der Waals surface area contributed by atoms with E-state index >= 15 is 0 Å². The van der Waals surface area contributed by atoms with E-state index in [2.05, 4.69) is 122 Å². The molecule has 228 valence electrons. The highest BCUT2D eigenvalue weighted by Gasteiger charge is 2.44. The molecule has 0 bridgehead atoms. The van der Waals surface area contributed by atoms with Crippen LogP contribution in [0, 0.1) is 24.7 Å². The van der Waals surface area contributed by atoms with Crippen LogP contribution in [0.4, 0.5) is 11.4 Å². The Bertz CT molecular complexity index is 1630. The van der Waals surface area contributed by atoms with Crippen molar-refractivity contribution in [2.24, 2.45) is 0 Å². The predicted octanol–water partition coefficient (Wildman–Crippen LogP) is 6.73. The number of benzene rings is 2. The topological polar surface area (TPSA) is 6.25 Å². The van der Waals surface area contributed by atoms with E-state index in [1.807, 2.05) is 0 Å². The zero-order chi connectivity index (χ0) is 30.6. The van der Waals surface area contributed by atoms with Gasteiger partial charge in [-0.2, -0.15) is 4.58 Å². The van der Waals surface area contributed by atoms with Crippen LogP contribution < -0.4 is 28.9 Å². The summed E-state index contributed by atoms with van der Waals surface area (Å²) in [5.74, 6) is 5.61. The van der Waals surface area contributed by atoms with E-state index < -0.39 is 0 Å². The molecule has 2 nitrogen and oxygen atoms in total. The van der Waals surface area contributed by atoms with Crippen molar-refractivity contribution in [1.82, 2.24) is 0 Å². The molecule has 0 fully saturated rings. The van der Waals surface area contributed by atoms with Crippen molar-refractivity contribution in [1.29, 1.82) is 0 Å². The number of allylic oxidation sites excluding steroid dienone is 8. The molecule has 0 aromatic heterocycles. The van der Waals surface area contributed by atoms with Gasteiger partial charge in [0.25, 0.3) is 0 Å². The molecule has 4 heteroatoms. The monoisotopic (exact) mass is 714 g/mol. The van der Waals surface area contributed by atoms with E-state index in [1.54, 1.807) is 0 Å². The molecule has 0 radical (unpaired) electrons. The maximum atomic E-state index is 7.17. The van der Waals surface area contributed by atoms with E-state index in [4.69, 9.17) is 24.4 Å². The number of terminal acetylenes is 2. The number of fused-ring (bicyclic) bond motifs is 2. The lowest BCUT2D eigenvalue weighted by Gasteiger charge is -2.27. The van der Waals surface area contributed by atoms with Gasteiger partial charge >= 0.3 is 0 Å². The molecule has 44 heavy (non-hydrogen) atoms. The maximum absolute atomic E-state index is 7.17. The van der Waals surface area contributed by atoms with Crippen molar-refractivity contribution in [2.75, 3.05) is 18.0 Å². The molecule has 0 unspecified atom stereocenters. The van der Waals surface area contributed by atoms with Gasteiger partial charge in [-0.15, -0.1) is 24.7 Å². The van der Waals surface area contributed by atoms with Crippen molar-refractivity contribution < 1.29 is 28.6 Å².